The number of morpholine rings is 1. The van der Waals surface area contributed by atoms with Crippen LogP contribution in [0.1, 0.15) is 23.8 Å². The smallest absolute Gasteiger partial charge is 0.338 e. The van der Waals surface area contributed by atoms with Gasteiger partial charge >= 0.3 is 12.1 Å². The number of rotatable bonds is 10. The molecule has 3 N–H and O–H groups in total. The van der Waals surface area contributed by atoms with Gasteiger partial charge in [0.15, 0.2) is 40.5 Å². The average Bonchev–Trinajstić information content (AvgIpc) is 3.21. The highest BCUT2D eigenvalue weighted by Crippen LogP contribution is 2.38. The predicted molar refractivity (Wildman–Crippen MR) is 198 cm³/mol. The van der Waals surface area contributed by atoms with Crippen LogP contribution in [0, 0.1) is 29.2 Å². The summed E-state index contributed by atoms with van der Waals surface area (Å²) in [5.74, 6) is -5.43. The standard InChI is InChI=1S/C37H36F4N8O7S/c1-53-30-17-24-28(18-31(30)55-19-21-4-7-47(8-5-21)37(52)46-48-9-11-54-12-10-48)42-20-43-34(24)56-29-3-2-23(16-25(29)38)44-36(51)45-49-32(50)6-13-57-35(49)22-14-26(39)33(41)27(40)15-22/h2-3,6,13-18,20-21,35H,4-5,7-12,19H2,1H3,(H,46,52)(H2,44,45,51). The van der Waals surface area contributed by atoms with Gasteiger partial charge in [-0.25, -0.2) is 52.6 Å². The van der Waals surface area contributed by atoms with Gasteiger partial charge in [-0.15, -0.1) is 11.8 Å². The number of amides is 5. The van der Waals surface area contributed by atoms with E-state index in [0.29, 0.717) is 68.4 Å². The molecule has 3 aliphatic heterocycles. The summed E-state index contributed by atoms with van der Waals surface area (Å²) < 4.78 is 79.7. The van der Waals surface area contributed by atoms with Gasteiger partial charge < -0.3 is 29.2 Å². The molecule has 0 bridgehead atoms. The van der Waals surface area contributed by atoms with Crippen LogP contribution in [0.2, 0.25) is 0 Å². The van der Waals surface area contributed by atoms with Crippen molar-refractivity contribution in [2.75, 3.05) is 58.4 Å². The van der Waals surface area contributed by atoms with Crippen LogP contribution in [0.3, 0.4) is 0 Å². The van der Waals surface area contributed by atoms with Gasteiger partial charge in [0.1, 0.15) is 11.7 Å². The van der Waals surface area contributed by atoms with E-state index in [1.54, 1.807) is 17.0 Å². The topological polar surface area (TPSA) is 160 Å². The molecule has 2 saturated heterocycles. The van der Waals surface area contributed by atoms with E-state index in [2.05, 4.69) is 26.1 Å². The van der Waals surface area contributed by atoms with Crippen LogP contribution in [-0.2, 0) is 9.53 Å². The number of hydrogen-bond acceptors (Lipinski definition) is 11. The Labute approximate surface area is 327 Å². The molecule has 20 heteroatoms. The molecule has 0 saturated carbocycles. The van der Waals surface area contributed by atoms with Gasteiger partial charge in [0, 0.05) is 50.1 Å². The first-order valence-electron chi connectivity index (χ1n) is 17.7. The Balaban J connectivity index is 0.962. The van der Waals surface area contributed by atoms with E-state index >= 15 is 4.39 Å². The molecule has 1 atom stereocenters. The second kappa shape index (κ2) is 17.5. The second-order valence-electron chi connectivity index (χ2n) is 13.1. The highest BCUT2D eigenvalue weighted by atomic mass is 32.2. The van der Waals surface area contributed by atoms with Crippen LogP contribution >= 0.6 is 11.8 Å². The van der Waals surface area contributed by atoms with Gasteiger partial charge in [-0.1, -0.05) is 0 Å². The van der Waals surface area contributed by atoms with Crippen LogP contribution in [-0.4, -0.2) is 96.0 Å². The Bertz CT molecular complexity index is 2170. The third kappa shape index (κ3) is 9.24. The average molecular weight is 813 g/mol. The molecule has 7 rings (SSSR count). The number of carbonyl (C=O) groups excluding carboxylic acids is 3. The van der Waals surface area contributed by atoms with Crippen molar-refractivity contribution in [2.45, 2.75) is 18.2 Å². The molecular formula is C37H36F4N8O7S. The predicted octanol–water partition coefficient (Wildman–Crippen LogP) is 5.86. The van der Waals surface area contributed by atoms with Crippen LogP contribution in [0.4, 0.5) is 32.8 Å². The van der Waals surface area contributed by atoms with Crippen molar-refractivity contribution >= 4 is 46.3 Å². The minimum atomic E-state index is -1.67. The Morgan fingerprint density at radius 3 is 2.39 bits per heavy atom. The summed E-state index contributed by atoms with van der Waals surface area (Å²) in [7, 11) is 1.48. The zero-order valence-corrected chi connectivity index (χ0v) is 31.1. The lowest BCUT2D eigenvalue weighted by molar-refractivity contribution is -0.129. The molecule has 0 radical (unpaired) electrons. The number of hydrogen-bond donors (Lipinski definition) is 3. The van der Waals surface area contributed by atoms with Gasteiger partial charge in [-0.2, -0.15) is 0 Å². The second-order valence-corrected chi connectivity index (χ2v) is 14.1. The minimum Gasteiger partial charge on any atom is -0.493 e. The number of likely N-dealkylation sites (tertiary alicyclic amines) is 1. The first-order valence-corrected chi connectivity index (χ1v) is 18.7. The molecule has 1 unspecified atom stereocenters. The number of ether oxygens (including phenoxy) is 4. The number of nitrogens with one attached hydrogen (secondary N) is 3. The maximum Gasteiger partial charge on any atom is 0.338 e. The van der Waals surface area contributed by atoms with Crippen molar-refractivity contribution < 1.29 is 50.9 Å². The van der Waals surface area contributed by atoms with Crippen LogP contribution < -0.4 is 30.4 Å². The lowest BCUT2D eigenvalue weighted by Gasteiger charge is -2.34. The van der Waals surface area contributed by atoms with E-state index < -0.39 is 40.6 Å². The molecule has 300 valence electrons. The van der Waals surface area contributed by atoms with Crippen molar-refractivity contribution in [1.29, 1.82) is 0 Å². The molecule has 5 amide bonds. The van der Waals surface area contributed by atoms with E-state index in [1.807, 2.05) is 5.01 Å². The number of thioether (sulfide) groups is 1. The summed E-state index contributed by atoms with van der Waals surface area (Å²) in [6.07, 6.45) is 3.89. The fraction of sp³-hybridized carbons (Fsp3) is 0.324. The number of fused-ring (bicyclic) bond motifs is 1. The van der Waals surface area contributed by atoms with Crippen molar-refractivity contribution in [3.8, 4) is 23.1 Å². The minimum absolute atomic E-state index is 0.0128. The Morgan fingerprint density at radius 2 is 1.67 bits per heavy atom. The Kier molecular flexibility index (Phi) is 12.1. The molecular weight excluding hydrogens is 777 g/mol. The molecule has 3 aliphatic rings. The van der Waals surface area contributed by atoms with Crippen molar-refractivity contribution in [3.05, 3.63) is 89.1 Å². The number of halogens is 4. The van der Waals surface area contributed by atoms with Crippen molar-refractivity contribution in [1.82, 2.24) is 35.7 Å². The number of anilines is 1. The molecule has 57 heavy (non-hydrogen) atoms. The molecule has 4 heterocycles. The summed E-state index contributed by atoms with van der Waals surface area (Å²) in [6.45, 7) is 4.04. The van der Waals surface area contributed by atoms with E-state index in [-0.39, 0.29) is 34.8 Å². The highest BCUT2D eigenvalue weighted by Gasteiger charge is 2.31. The molecule has 1 aromatic heterocycles. The summed E-state index contributed by atoms with van der Waals surface area (Å²) >= 11 is 0.930. The van der Waals surface area contributed by atoms with Gasteiger partial charge in [0.05, 0.1) is 37.8 Å². The van der Waals surface area contributed by atoms with E-state index in [9.17, 15) is 27.6 Å². The number of methoxy groups -OCH3 is 1. The fourth-order valence-corrected chi connectivity index (χ4v) is 7.22. The van der Waals surface area contributed by atoms with Gasteiger partial charge in [-0.3, -0.25) is 10.2 Å². The number of piperidine rings is 1. The monoisotopic (exact) mass is 812 g/mol. The third-order valence-corrected chi connectivity index (χ3v) is 10.4. The Morgan fingerprint density at radius 1 is 0.912 bits per heavy atom. The van der Waals surface area contributed by atoms with Gasteiger partial charge in [-0.05, 0) is 60.1 Å². The maximum atomic E-state index is 15.4. The summed E-state index contributed by atoms with van der Waals surface area (Å²) in [5, 5.41) is 5.68. The third-order valence-electron chi connectivity index (χ3n) is 9.33. The Hall–Kier alpha value is -5.86. The largest absolute Gasteiger partial charge is 0.493 e. The molecule has 3 aromatic carbocycles. The van der Waals surface area contributed by atoms with Crippen LogP contribution in [0.15, 0.2) is 60.3 Å². The fourth-order valence-electron chi connectivity index (χ4n) is 6.31. The number of nitrogens with zero attached hydrogens (tertiary/aromatic N) is 5. The van der Waals surface area contributed by atoms with E-state index in [0.717, 1.165) is 53.9 Å². The molecule has 0 spiro atoms. The van der Waals surface area contributed by atoms with Gasteiger partial charge in [0.2, 0.25) is 5.88 Å². The lowest BCUT2D eigenvalue weighted by Crippen LogP contribution is -2.54. The van der Waals surface area contributed by atoms with Crippen molar-refractivity contribution in [2.24, 2.45) is 5.92 Å². The summed E-state index contributed by atoms with van der Waals surface area (Å²) in [4.78, 5) is 48.5. The molecule has 2 fully saturated rings. The van der Waals surface area contributed by atoms with Crippen LogP contribution in [0.25, 0.3) is 10.9 Å². The molecule has 4 aromatic rings. The van der Waals surface area contributed by atoms with E-state index in [1.165, 1.54) is 31.0 Å². The quantitative estimate of drug-likeness (QED) is 0.130. The number of urea groups is 2. The van der Waals surface area contributed by atoms with Crippen molar-refractivity contribution in [3.63, 3.8) is 0 Å². The zero-order valence-electron chi connectivity index (χ0n) is 30.3. The lowest BCUT2D eigenvalue weighted by atomic mass is 9.98. The van der Waals surface area contributed by atoms with E-state index in [4.69, 9.17) is 18.9 Å². The zero-order chi connectivity index (χ0) is 40.1. The van der Waals surface area contributed by atoms with Gasteiger partial charge in [0.25, 0.3) is 5.91 Å². The SMILES string of the molecule is COc1cc2c(Oc3ccc(NC(=O)NN4C(=O)C=CSC4c4cc(F)c(F)c(F)c4)cc3F)ncnc2cc1OCC1CCN(C(=O)NN2CCOCC2)CC1. The normalized spacial score (nSPS) is 17.7. The number of carbonyl (C=O) groups is 3. The number of aromatic nitrogens is 2. The molecule has 15 nitrogen and oxygen atoms in total. The molecule has 0 aliphatic carbocycles. The maximum absolute atomic E-state index is 15.4. The number of hydrazine groups is 2. The summed E-state index contributed by atoms with van der Waals surface area (Å²) in [6, 6.07) is 7.19. The summed E-state index contributed by atoms with van der Waals surface area (Å²) in [5.41, 5.74) is 5.51. The van der Waals surface area contributed by atoms with Crippen LogP contribution in [0.5, 0.6) is 23.1 Å². The number of benzene rings is 3. The first kappa shape index (κ1) is 39.4. The highest BCUT2D eigenvalue weighted by molar-refractivity contribution is 8.02. The first-order chi connectivity index (χ1) is 27.6.